The molecule has 0 saturated heterocycles. The highest BCUT2D eigenvalue weighted by Gasteiger charge is 2.20. The molecule has 1 heterocycles. The van der Waals surface area contributed by atoms with Gasteiger partial charge in [-0.3, -0.25) is 9.89 Å². The number of halogens is 1. The van der Waals surface area contributed by atoms with Gasteiger partial charge in [-0.2, -0.15) is 5.10 Å². The maximum absolute atomic E-state index is 12.0. The van der Waals surface area contributed by atoms with E-state index in [4.69, 9.17) is 5.11 Å². The van der Waals surface area contributed by atoms with Gasteiger partial charge >= 0.3 is 0 Å². The number of H-pyrrole nitrogens is 1. The third-order valence-corrected chi connectivity index (χ3v) is 3.50. The molecule has 0 aliphatic heterocycles. The van der Waals surface area contributed by atoms with E-state index in [2.05, 4.69) is 31.4 Å². The molecule has 0 fully saturated rings. The Morgan fingerprint density at radius 3 is 2.67 bits per heavy atom. The van der Waals surface area contributed by atoms with Crippen LogP contribution in [-0.4, -0.2) is 33.9 Å². The highest BCUT2D eigenvalue weighted by Crippen LogP contribution is 2.25. The highest BCUT2D eigenvalue weighted by atomic mass is 79.9. The van der Waals surface area contributed by atoms with Crippen LogP contribution in [0.25, 0.3) is 0 Å². The lowest BCUT2D eigenvalue weighted by atomic mass is 10.1. The number of aliphatic hydroxyl groups excluding tert-OH is 1. The van der Waals surface area contributed by atoms with Gasteiger partial charge in [0, 0.05) is 12.6 Å². The summed E-state index contributed by atoms with van der Waals surface area (Å²) in [5.74, 6) is 0.0794. The summed E-state index contributed by atoms with van der Waals surface area (Å²) >= 11 is 3.40. The first-order chi connectivity index (χ1) is 8.47. The Morgan fingerprint density at radius 1 is 1.50 bits per heavy atom. The number of aliphatic hydroxyl groups is 1. The van der Waals surface area contributed by atoms with Gasteiger partial charge in [-0.25, -0.2) is 0 Å². The molecule has 1 atom stereocenters. The van der Waals surface area contributed by atoms with E-state index in [1.54, 1.807) is 0 Å². The Kier molecular flexibility index (Phi) is 5.81. The maximum atomic E-state index is 12.0. The molecule has 18 heavy (non-hydrogen) atoms. The number of nitrogens with one attached hydrogen (secondary N) is 2. The molecule has 1 aromatic rings. The average Bonchev–Trinajstić information content (AvgIpc) is 2.68. The maximum Gasteiger partial charge on any atom is 0.273 e. The molecule has 0 spiro atoms. The number of carbonyl (C=O) groups is 1. The molecule has 3 N–H and O–H groups in total. The van der Waals surface area contributed by atoms with Gasteiger partial charge < -0.3 is 10.4 Å². The molecule has 6 heteroatoms. The molecule has 0 aliphatic carbocycles. The van der Waals surface area contributed by atoms with Crippen LogP contribution in [-0.2, 0) is 0 Å². The van der Waals surface area contributed by atoms with E-state index in [-0.39, 0.29) is 24.5 Å². The van der Waals surface area contributed by atoms with Crippen LogP contribution in [0.2, 0.25) is 0 Å². The topological polar surface area (TPSA) is 78.0 Å². The van der Waals surface area contributed by atoms with Crippen LogP contribution in [0.5, 0.6) is 0 Å². The molecule has 0 radical (unpaired) electrons. The van der Waals surface area contributed by atoms with Crippen LogP contribution < -0.4 is 5.32 Å². The van der Waals surface area contributed by atoms with Crippen molar-refractivity contribution in [2.45, 2.75) is 45.6 Å². The van der Waals surface area contributed by atoms with Crippen molar-refractivity contribution in [2.75, 3.05) is 6.61 Å². The second-order valence-electron chi connectivity index (χ2n) is 4.69. The van der Waals surface area contributed by atoms with Crippen LogP contribution in [0.4, 0.5) is 0 Å². The number of nitrogens with zero attached hydrogens (tertiary/aromatic N) is 1. The van der Waals surface area contributed by atoms with Gasteiger partial charge in [-0.1, -0.05) is 13.8 Å². The van der Waals surface area contributed by atoms with E-state index < -0.39 is 0 Å². The van der Waals surface area contributed by atoms with Gasteiger partial charge in [0.15, 0.2) is 5.69 Å². The first kappa shape index (κ1) is 15.2. The molecule has 1 amide bonds. The normalized spacial score (nSPS) is 12.8. The molecule has 0 aliphatic rings. The van der Waals surface area contributed by atoms with Crippen LogP contribution in [0, 0.1) is 0 Å². The number of hydrogen-bond acceptors (Lipinski definition) is 3. The van der Waals surface area contributed by atoms with Crippen LogP contribution in [0.3, 0.4) is 0 Å². The number of rotatable bonds is 6. The zero-order valence-electron chi connectivity index (χ0n) is 11.0. The van der Waals surface area contributed by atoms with E-state index >= 15 is 0 Å². The van der Waals surface area contributed by atoms with Gasteiger partial charge in [-0.05, 0) is 41.6 Å². The Balaban J connectivity index is 2.67. The predicted octanol–water partition coefficient (Wildman–Crippen LogP) is 2.19. The summed E-state index contributed by atoms with van der Waals surface area (Å²) < 4.78 is 0.726. The first-order valence-electron chi connectivity index (χ1n) is 6.12. The molecule has 0 saturated carbocycles. The number of amides is 1. The molecule has 1 unspecified atom stereocenters. The van der Waals surface area contributed by atoms with Crippen molar-refractivity contribution in [3.8, 4) is 0 Å². The molecule has 1 aromatic heterocycles. The van der Waals surface area contributed by atoms with Crippen molar-refractivity contribution in [1.82, 2.24) is 15.5 Å². The minimum atomic E-state index is -0.199. The molecular weight excluding hydrogens is 298 g/mol. The zero-order chi connectivity index (χ0) is 13.7. The summed E-state index contributed by atoms with van der Waals surface area (Å²) in [6.07, 6.45) is 1.43. The summed E-state index contributed by atoms with van der Waals surface area (Å²) in [5, 5.41) is 18.5. The second-order valence-corrected chi connectivity index (χ2v) is 5.49. The fourth-order valence-corrected chi connectivity index (χ4v) is 2.45. The fraction of sp³-hybridized carbons (Fsp3) is 0.667. The number of aromatic amines is 1. The Labute approximate surface area is 115 Å². The van der Waals surface area contributed by atoms with Gasteiger partial charge in [-0.15, -0.1) is 0 Å². The molecule has 102 valence electrons. The molecule has 1 rings (SSSR count). The third kappa shape index (κ3) is 3.81. The van der Waals surface area contributed by atoms with Crippen LogP contribution >= 0.6 is 15.9 Å². The van der Waals surface area contributed by atoms with Crippen molar-refractivity contribution in [3.63, 3.8) is 0 Å². The fourth-order valence-electron chi connectivity index (χ4n) is 1.64. The van der Waals surface area contributed by atoms with Crippen molar-refractivity contribution >= 4 is 21.8 Å². The van der Waals surface area contributed by atoms with Crippen LogP contribution in [0.15, 0.2) is 4.47 Å². The molecule has 0 aromatic carbocycles. The van der Waals surface area contributed by atoms with Crippen molar-refractivity contribution in [2.24, 2.45) is 0 Å². The van der Waals surface area contributed by atoms with Crippen molar-refractivity contribution in [1.29, 1.82) is 0 Å². The van der Waals surface area contributed by atoms with E-state index in [1.807, 2.05) is 20.8 Å². The minimum absolute atomic E-state index is 0.0238. The summed E-state index contributed by atoms with van der Waals surface area (Å²) in [6.45, 7) is 6.12. The summed E-state index contributed by atoms with van der Waals surface area (Å²) in [6, 6.07) is 0.0238. The summed E-state index contributed by atoms with van der Waals surface area (Å²) in [4.78, 5) is 12.0. The average molecular weight is 318 g/mol. The van der Waals surface area contributed by atoms with E-state index in [9.17, 15) is 4.79 Å². The number of hydrogen-bond donors (Lipinski definition) is 3. The Morgan fingerprint density at radius 2 is 2.17 bits per heavy atom. The predicted molar refractivity (Wildman–Crippen MR) is 73.6 cm³/mol. The lowest BCUT2D eigenvalue weighted by Gasteiger charge is -2.12. The standard InChI is InChI=1S/C12H20BrN3O2/c1-7(2)10-9(13)11(16-15-10)12(18)14-8(3)5-4-6-17/h7-8,17H,4-6H2,1-3H3,(H,14,18)(H,15,16). The third-order valence-electron chi connectivity index (χ3n) is 2.70. The van der Waals surface area contributed by atoms with E-state index in [0.29, 0.717) is 12.1 Å². The minimum Gasteiger partial charge on any atom is -0.396 e. The lowest BCUT2D eigenvalue weighted by Crippen LogP contribution is -2.33. The van der Waals surface area contributed by atoms with Gasteiger partial charge in [0.2, 0.25) is 0 Å². The largest absolute Gasteiger partial charge is 0.396 e. The highest BCUT2D eigenvalue weighted by molar-refractivity contribution is 9.10. The smallest absolute Gasteiger partial charge is 0.273 e. The summed E-state index contributed by atoms with van der Waals surface area (Å²) in [7, 11) is 0. The monoisotopic (exact) mass is 317 g/mol. The van der Waals surface area contributed by atoms with Gasteiger partial charge in [0.05, 0.1) is 10.2 Å². The molecular formula is C12H20BrN3O2. The molecule has 5 nitrogen and oxygen atoms in total. The number of aromatic nitrogens is 2. The second kappa shape index (κ2) is 6.89. The SMILES string of the molecule is CC(CCCO)NC(=O)c1n[nH]c(C(C)C)c1Br. The van der Waals surface area contributed by atoms with E-state index in [1.165, 1.54) is 0 Å². The lowest BCUT2D eigenvalue weighted by molar-refractivity contribution is 0.0930. The Hall–Kier alpha value is -0.880. The van der Waals surface area contributed by atoms with Crippen molar-refractivity contribution in [3.05, 3.63) is 15.9 Å². The summed E-state index contributed by atoms with van der Waals surface area (Å²) in [5.41, 5.74) is 1.30. The van der Waals surface area contributed by atoms with Gasteiger partial charge in [0.25, 0.3) is 5.91 Å². The quantitative estimate of drug-likeness (QED) is 0.752. The Bertz CT molecular complexity index is 404. The zero-order valence-corrected chi connectivity index (χ0v) is 12.5. The van der Waals surface area contributed by atoms with Crippen LogP contribution in [0.1, 0.15) is 55.7 Å². The van der Waals surface area contributed by atoms with Crippen molar-refractivity contribution < 1.29 is 9.90 Å². The first-order valence-corrected chi connectivity index (χ1v) is 6.92. The number of carbonyl (C=O) groups excluding carboxylic acids is 1. The molecule has 0 bridgehead atoms. The van der Waals surface area contributed by atoms with Gasteiger partial charge in [0.1, 0.15) is 0 Å². The van der Waals surface area contributed by atoms with E-state index in [0.717, 1.165) is 16.6 Å².